The third-order valence-electron chi connectivity index (χ3n) is 4.25. The van der Waals surface area contributed by atoms with Crippen LogP contribution in [0, 0.1) is 0 Å². The Kier molecular flexibility index (Phi) is 3.84. The molecule has 1 aromatic rings. The lowest BCUT2D eigenvalue weighted by atomic mass is 9.99. The molecule has 2 nitrogen and oxygen atoms in total. The van der Waals surface area contributed by atoms with Crippen molar-refractivity contribution in [3.8, 4) is 0 Å². The molecular weight excluding hydrogens is 220 g/mol. The van der Waals surface area contributed by atoms with Gasteiger partial charge in [-0.2, -0.15) is 0 Å². The van der Waals surface area contributed by atoms with Gasteiger partial charge in [0.1, 0.15) is 0 Å². The molecule has 0 unspecified atom stereocenters. The van der Waals surface area contributed by atoms with Crippen LogP contribution in [0.4, 0.5) is 5.69 Å². The summed E-state index contributed by atoms with van der Waals surface area (Å²) < 4.78 is 0. The van der Waals surface area contributed by atoms with Gasteiger partial charge in [0.05, 0.1) is 0 Å². The summed E-state index contributed by atoms with van der Waals surface area (Å²) in [5.74, 6) is 0. The molecule has 2 heterocycles. The molecule has 3 rings (SSSR count). The fourth-order valence-electron chi connectivity index (χ4n) is 3.20. The maximum atomic E-state index is 3.48. The van der Waals surface area contributed by atoms with Crippen LogP contribution in [0.3, 0.4) is 0 Å². The maximum absolute atomic E-state index is 3.48. The highest BCUT2D eigenvalue weighted by atomic mass is 15.1. The van der Waals surface area contributed by atoms with E-state index in [0.29, 0.717) is 0 Å². The largest absolute Gasteiger partial charge is 0.385 e. The van der Waals surface area contributed by atoms with E-state index in [9.17, 15) is 0 Å². The van der Waals surface area contributed by atoms with E-state index in [1.54, 1.807) is 0 Å². The summed E-state index contributed by atoms with van der Waals surface area (Å²) in [5, 5.41) is 3.48. The monoisotopic (exact) mass is 244 g/mol. The second-order valence-electron chi connectivity index (χ2n) is 5.67. The van der Waals surface area contributed by atoms with E-state index in [4.69, 9.17) is 0 Å². The third kappa shape index (κ3) is 2.86. The third-order valence-corrected chi connectivity index (χ3v) is 4.25. The van der Waals surface area contributed by atoms with Gasteiger partial charge < -0.3 is 10.2 Å². The van der Waals surface area contributed by atoms with Crippen molar-refractivity contribution in [3.63, 3.8) is 0 Å². The van der Waals surface area contributed by atoms with E-state index in [1.807, 2.05) is 0 Å². The van der Waals surface area contributed by atoms with E-state index >= 15 is 0 Å². The summed E-state index contributed by atoms with van der Waals surface area (Å²) in [6.45, 7) is 5.08. The Balaban J connectivity index is 1.52. The van der Waals surface area contributed by atoms with Crippen LogP contribution < -0.4 is 5.32 Å². The summed E-state index contributed by atoms with van der Waals surface area (Å²) in [6, 6.07) is 7.01. The Bertz CT molecular complexity index is 394. The zero-order valence-corrected chi connectivity index (χ0v) is 11.3. The number of benzene rings is 1. The molecule has 0 radical (unpaired) electrons. The number of anilines is 1. The number of aryl methyl sites for hydroxylation is 2. The summed E-state index contributed by atoms with van der Waals surface area (Å²) in [5.41, 5.74) is 4.42. The van der Waals surface area contributed by atoms with E-state index in [0.717, 1.165) is 6.54 Å². The van der Waals surface area contributed by atoms with Crippen molar-refractivity contribution in [2.45, 2.75) is 38.5 Å². The molecule has 2 aliphatic rings. The van der Waals surface area contributed by atoms with Crippen LogP contribution in [0.15, 0.2) is 18.2 Å². The predicted molar refractivity (Wildman–Crippen MR) is 77.2 cm³/mol. The highest BCUT2D eigenvalue weighted by Crippen LogP contribution is 2.23. The standard InChI is InChI=1S/C16H24N2/c1-2-11-18(10-1)12-4-5-14-7-8-16-15(13-14)6-3-9-17-16/h7-8,13,17H,1-6,9-12H2. The van der Waals surface area contributed by atoms with Crippen molar-refractivity contribution < 1.29 is 0 Å². The molecular formula is C16H24N2. The van der Waals surface area contributed by atoms with Gasteiger partial charge in [-0.05, 0) is 75.4 Å². The predicted octanol–water partition coefficient (Wildman–Crippen LogP) is 3.07. The van der Waals surface area contributed by atoms with Crippen LogP contribution in [0.25, 0.3) is 0 Å². The molecule has 0 spiro atoms. The molecule has 2 aliphatic heterocycles. The first-order chi connectivity index (χ1) is 8.92. The lowest BCUT2D eigenvalue weighted by Gasteiger charge is -2.19. The molecule has 0 aromatic heterocycles. The number of likely N-dealkylation sites (tertiary alicyclic amines) is 1. The van der Waals surface area contributed by atoms with Crippen molar-refractivity contribution in [2.75, 3.05) is 31.5 Å². The minimum Gasteiger partial charge on any atom is -0.385 e. The van der Waals surface area contributed by atoms with Gasteiger partial charge >= 0.3 is 0 Å². The number of nitrogens with one attached hydrogen (secondary N) is 1. The molecule has 98 valence electrons. The molecule has 0 bridgehead atoms. The van der Waals surface area contributed by atoms with E-state index in [-0.39, 0.29) is 0 Å². The van der Waals surface area contributed by atoms with Crippen molar-refractivity contribution >= 4 is 5.69 Å². The Morgan fingerprint density at radius 1 is 1.11 bits per heavy atom. The number of fused-ring (bicyclic) bond motifs is 1. The molecule has 2 heteroatoms. The van der Waals surface area contributed by atoms with E-state index in [1.165, 1.54) is 75.0 Å². The zero-order valence-electron chi connectivity index (χ0n) is 11.3. The van der Waals surface area contributed by atoms with Gasteiger partial charge in [0.15, 0.2) is 0 Å². The minimum absolute atomic E-state index is 1.14. The van der Waals surface area contributed by atoms with Crippen LogP contribution in [0.2, 0.25) is 0 Å². The van der Waals surface area contributed by atoms with Gasteiger partial charge in [0.2, 0.25) is 0 Å². The molecule has 0 aliphatic carbocycles. The first-order valence-corrected chi connectivity index (χ1v) is 7.50. The molecule has 18 heavy (non-hydrogen) atoms. The Morgan fingerprint density at radius 3 is 2.89 bits per heavy atom. The van der Waals surface area contributed by atoms with Crippen LogP contribution >= 0.6 is 0 Å². The molecule has 1 N–H and O–H groups in total. The number of hydrogen-bond acceptors (Lipinski definition) is 2. The van der Waals surface area contributed by atoms with Crippen LogP contribution in [0.5, 0.6) is 0 Å². The van der Waals surface area contributed by atoms with Crippen LogP contribution in [0.1, 0.15) is 36.8 Å². The summed E-state index contributed by atoms with van der Waals surface area (Å²) >= 11 is 0. The van der Waals surface area contributed by atoms with Crippen LogP contribution in [-0.4, -0.2) is 31.1 Å². The highest BCUT2D eigenvalue weighted by molar-refractivity contribution is 5.54. The van der Waals surface area contributed by atoms with Crippen LogP contribution in [-0.2, 0) is 12.8 Å². The Morgan fingerprint density at radius 2 is 2.00 bits per heavy atom. The first kappa shape index (κ1) is 12.0. The summed E-state index contributed by atoms with van der Waals surface area (Å²) in [6.07, 6.45) is 7.90. The van der Waals surface area contributed by atoms with Gasteiger partial charge in [0.25, 0.3) is 0 Å². The quantitative estimate of drug-likeness (QED) is 0.875. The van der Waals surface area contributed by atoms with Gasteiger partial charge in [0, 0.05) is 12.2 Å². The fourth-order valence-corrected chi connectivity index (χ4v) is 3.20. The SMILES string of the molecule is c1cc2c(cc1CCCN1CCCC1)CCCN2. The number of rotatable bonds is 4. The molecule has 0 atom stereocenters. The van der Waals surface area contributed by atoms with Gasteiger partial charge in [-0.25, -0.2) is 0 Å². The number of hydrogen-bond donors (Lipinski definition) is 1. The van der Waals surface area contributed by atoms with Gasteiger partial charge in [-0.15, -0.1) is 0 Å². The Labute approximate surface area is 110 Å². The molecule has 1 aromatic carbocycles. The smallest absolute Gasteiger partial charge is 0.0372 e. The lowest BCUT2D eigenvalue weighted by molar-refractivity contribution is 0.334. The van der Waals surface area contributed by atoms with E-state index in [2.05, 4.69) is 28.4 Å². The summed E-state index contributed by atoms with van der Waals surface area (Å²) in [4.78, 5) is 2.61. The lowest BCUT2D eigenvalue weighted by Crippen LogP contribution is -2.20. The van der Waals surface area contributed by atoms with E-state index < -0.39 is 0 Å². The minimum atomic E-state index is 1.14. The average Bonchev–Trinajstić information content (AvgIpc) is 2.92. The molecule has 0 saturated carbocycles. The second kappa shape index (κ2) is 5.75. The van der Waals surface area contributed by atoms with Crippen molar-refractivity contribution in [3.05, 3.63) is 29.3 Å². The van der Waals surface area contributed by atoms with Gasteiger partial charge in [-0.3, -0.25) is 0 Å². The average molecular weight is 244 g/mol. The summed E-state index contributed by atoms with van der Waals surface area (Å²) in [7, 11) is 0. The van der Waals surface area contributed by atoms with Crippen molar-refractivity contribution in [1.29, 1.82) is 0 Å². The Hall–Kier alpha value is -1.02. The fraction of sp³-hybridized carbons (Fsp3) is 0.625. The van der Waals surface area contributed by atoms with Gasteiger partial charge in [-0.1, -0.05) is 12.1 Å². The van der Waals surface area contributed by atoms with Crippen molar-refractivity contribution in [1.82, 2.24) is 4.90 Å². The maximum Gasteiger partial charge on any atom is 0.0372 e. The topological polar surface area (TPSA) is 15.3 Å². The molecule has 0 amide bonds. The number of nitrogens with zero attached hydrogens (tertiary/aromatic N) is 1. The molecule has 1 fully saturated rings. The first-order valence-electron chi connectivity index (χ1n) is 7.50. The normalized spacial score (nSPS) is 19.6. The second-order valence-corrected chi connectivity index (χ2v) is 5.67. The van der Waals surface area contributed by atoms with Crippen molar-refractivity contribution in [2.24, 2.45) is 0 Å². The molecule has 1 saturated heterocycles. The highest BCUT2D eigenvalue weighted by Gasteiger charge is 2.11. The zero-order chi connectivity index (χ0) is 12.2.